The number of likely N-dealkylation sites (tertiary alicyclic amines) is 1. The smallest absolute Gasteiger partial charge is 0.322 e. The van der Waals surface area contributed by atoms with E-state index < -0.39 is 0 Å². The van der Waals surface area contributed by atoms with Crippen LogP contribution in [0.3, 0.4) is 0 Å². The largest absolute Gasteiger partial charge is 0.492 e. The lowest BCUT2D eigenvalue weighted by atomic mass is 10.2. The summed E-state index contributed by atoms with van der Waals surface area (Å²) < 4.78 is 7.85. The first-order chi connectivity index (χ1) is 14.2. The lowest BCUT2D eigenvalue weighted by Gasteiger charge is -2.20. The van der Waals surface area contributed by atoms with Gasteiger partial charge in [-0.2, -0.15) is 0 Å². The molecule has 7 heteroatoms. The Balaban J connectivity index is 1.52. The number of carbonyl (C=O) groups excluding carboxylic acids is 1. The average molecular weight is 393 g/mol. The maximum absolute atomic E-state index is 12.9. The second kappa shape index (κ2) is 8.51. The minimum absolute atomic E-state index is 0.103. The fourth-order valence-corrected chi connectivity index (χ4v) is 3.94. The number of benzene rings is 1. The molecule has 1 fully saturated rings. The quantitative estimate of drug-likeness (QED) is 0.679. The number of urea groups is 1. The monoisotopic (exact) mass is 393 g/mol. The summed E-state index contributed by atoms with van der Waals surface area (Å²) in [6, 6.07) is 11.5. The lowest BCUT2D eigenvalue weighted by molar-refractivity contribution is 0.220. The van der Waals surface area contributed by atoms with Gasteiger partial charge in [0.05, 0.1) is 18.3 Å². The minimum Gasteiger partial charge on any atom is -0.492 e. The van der Waals surface area contributed by atoms with E-state index >= 15 is 0 Å². The second-order valence-corrected chi connectivity index (χ2v) is 7.24. The number of para-hydroxylation sites is 2. The summed E-state index contributed by atoms with van der Waals surface area (Å²) in [4.78, 5) is 24.1. The van der Waals surface area contributed by atoms with Gasteiger partial charge in [-0.1, -0.05) is 19.1 Å². The van der Waals surface area contributed by atoms with Crippen molar-refractivity contribution >= 4 is 22.9 Å². The molecule has 2 aromatic heterocycles. The molecule has 7 nitrogen and oxygen atoms in total. The zero-order chi connectivity index (χ0) is 20.2. The van der Waals surface area contributed by atoms with Gasteiger partial charge in [0.2, 0.25) is 0 Å². The number of anilines is 1. The standard InChI is InChI=1S/C22H27N5O2/c1-3-8-20-24-18-10-7-13-23-21(18)27(20)16-12-14-26(15-16)22(28)25-17-9-5-6-11-19(17)29-4-2/h5-7,9-11,13,16H,3-4,8,12,14-15H2,1-2H3,(H,25,28)/t16-/m0/s1. The number of aryl methyl sites for hydroxylation is 1. The minimum atomic E-state index is -0.103. The van der Waals surface area contributed by atoms with Crippen LogP contribution in [0.2, 0.25) is 0 Å². The molecule has 4 rings (SSSR count). The SMILES string of the molecule is CCCc1nc2cccnc2n1[C@H]1CCN(C(=O)Nc2ccccc2OCC)C1. The number of hydrogen-bond donors (Lipinski definition) is 1. The summed E-state index contributed by atoms with van der Waals surface area (Å²) in [5.41, 5.74) is 2.53. The Kier molecular flexibility index (Phi) is 5.64. The second-order valence-electron chi connectivity index (χ2n) is 7.24. The number of amides is 2. The Morgan fingerprint density at radius 1 is 1.24 bits per heavy atom. The van der Waals surface area contributed by atoms with E-state index in [-0.39, 0.29) is 12.1 Å². The van der Waals surface area contributed by atoms with Crippen molar-refractivity contribution < 1.29 is 9.53 Å². The number of rotatable bonds is 6. The van der Waals surface area contributed by atoms with E-state index in [2.05, 4.69) is 21.8 Å². The van der Waals surface area contributed by atoms with Gasteiger partial charge in [-0.05, 0) is 44.0 Å². The van der Waals surface area contributed by atoms with Gasteiger partial charge in [0.25, 0.3) is 0 Å². The first kappa shape index (κ1) is 19.2. The van der Waals surface area contributed by atoms with Crippen molar-refractivity contribution in [3.05, 3.63) is 48.4 Å². The Morgan fingerprint density at radius 3 is 2.93 bits per heavy atom. The van der Waals surface area contributed by atoms with E-state index in [1.54, 1.807) is 6.20 Å². The summed E-state index contributed by atoms with van der Waals surface area (Å²) in [5, 5.41) is 3.00. The highest BCUT2D eigenvalue weighted by Crippen LogP contribution is 2.29. The highest BCUT2D eigenvalue weighted by atomic mass is 16.5. The van der Waals surface area contributed by atoms with E-state index in [0.29, 0.717) is 31.1 Å². The van der Waals surface area contributed by atoms with Crippen LogP contribution in [-0.2, 0) is 6.42 Å². The first-order valence-corrected chi connectivity index (χ1v) is 10.3. The predicted molar refractivity (Wildman–Crippen MR) is 113 cm³/mol. The molecule has 3 aromatic rings. The Labute approximate surface area is 170 Å². The number of pyridine rings is 1. The van der Waals surface area contributed by atoms with Crippen LogP contribution in [0.25, 0.3) is 11.2 Å². The number of nitrogens with one attached hydrogen (secondary N) is 1. The van der Waals surface area contributed by atoms with Crippen molar-refractivity contribution in [3.8, 4) is 5.75 Å². The third-order valence-corrected chi connectivity index (χ3v) is 5.24. The summed E-state index contributed by atoms with van der Waals surface area (Å²) in [5.74, 6) is 1.74. The van der Waals surface area contributed by atoms with Crippen molar-refractivity contribution in [2.24, 2.45) is 0 Å². The third kappa shape index (κ3) is 3.90. The number of fused-ring (bicyclic) bond motifs is 1. The van der Waals surface area contributed by atoms with Crippen LogP contribution in [0.1, 0.15) is 38.6 Å². The number of nitrogens with zero attached hydrogens (tertiary/aromatic N) is 4. The van der Waals surface area contributed by atoms with Gasteiger partial charge in [-0.15, -0.1) is 0 Å². The van der Waals surface area contributed by atoms with E-state index in [4.69, 9.17) is 9.72 Å². The fraction of sp³-hybridized carbons (Fsp3) is 0.409. The van der Waals surface area contributed by atoms with Gasteiger partial charge in [-0.3, -0.25) is 0 Å². The van der Waals surface area contributed by atoms with Crippen molar-refractivity contribution in [1.29, 1.82) is 0 Å². The summed E-state index contributed by atoms with van der Waals surface area (Å²) in [6.07, 6.45) is 4.62. The lowest BCUT2D eigenvalue weighted by Crippen LogP contribution is -2.33. The van der Waals surface area contributed by atoms with Crippen LogP contribution in [0, 0.1) is 0 Å². The number of hydrogen-bond acceptors (Lipinski definition) is 4. The van der Waals surface area contributed by atoms with Crippen LogP contribution in [-0.4, -0.2) is 45.2 Å². The van der Waals surface area contributed by atoms with Crippen molar-refractivity contribution in [2.45, 2.75) is 39.2 Å². The molecule has 1 aromatic carbocycles. The van der Waals surface area contributed by atoms with E-state index in [1.165, 1.54) is 0 Å². The molecule has 1 atom stereocenters. The molecule has 3 heterocycles. The van der Waals surface area contributed by atoms with E-state index in [0.717, 1.165) is 36.3 Å². The van der Waals surface area contributed by atoms with Gasteiger partial charge in [0.1, 0.15) is 17.1 Å². The Hall–Kier alpha value is -3.09. The van der Waals surface area contributed by atoms with E-state index in [1.807, 2.05) is 48.2 Å². The molecule has 0 radical (unpaired) electrons. The van der Waals surface area contributed by atoms with E-state index in [9.17, 15) is 4.79 Å². The fourth-order valence-electron chi connectivity index (χ4n) is 3.94. The molecule has 2 amide bonds. The molecule has 0 bridgehead atoms. The Morgan fingerprint density at radius 2 is 2.10 bits per heavy atom. The van der Waals surface area contributed by atoms with Gasteiger partial charge in [0, 0.05) is 25.7 Å². The van der Waals surface area contributed by atoms with Crippen LogP contribution >= 0.6 is 0 Å². The van der Waals surface area contributed by atoms with Gasteiger partial charge in [0.15, 0.2) is 5.65 Å². The van der Waals surface area contributed by atoms with Gasteiger partial charge >= 0.3 is 6.03 Å². The molecule has 0 spiro atoms. The number of aromatic nitrogens is 3. The molecule has 152 valence electrons. The van der Waals surface area contributed by atoms with Gasteiger partial charge in [-0.25, -0.2) is 14.8 Å². The molecule has 0 saturated carbocycles. The summed E-state index contributed by atoms with van der Waals surface area (Å²) in [7, 11) is 0. The maximum atomic E-state index is 12.9. The topological polar surface area (TPSA) is 72.3 Å². The Bertz CT molecular complexity index is 1000. The molecular weight excluding hydrogens is 366 g/mol. The maximum Gasteiger partial charge on any atom is 0.322 e. The van der Waals surface area contributed by atoms with Crippen LogP contribution in [0.5, 0.6) is 5.75 Å². The predicted octanol–water partition coefficient (Wildman–Crippen LogP) is 4.26. The van der Waals surface area contributed by atoms with Crippen molar-refractivity contribution in [1.82, 2.24) is 19.4 Å². The van der Waals surface area contributed by atoms with Crippen LogP contribution < -0.4 is 10.1 Å². The number of carbonyl (C=O) groups is 1. The first-order valence-electron chi connectivity index (χ1n) is 10.3. The third-order valence-electron chi connectivity index (χ3n) is 5.24. The normalized spacial score (nSPS) is 16.3. The zero-order valence-corrected chi connectivity index (χ0v) is 17.0. The molecular formula is C22H27N5O2. The number of ether oxygens (including phenoxy) is 1. The zero-order valence-electron chi connectivity index (χ0n) is 17.0. The summed E-state index contributed by atoms with van der Waals surface area (Å²) in [6.45, 7) is 5.98. The molecule has 1 aliphatic heterocycles. The highest BCUT2D eigenvalue weighted by Gasteiger charge is 2.30. The molecule has 1 saturated heterocycles. The molecule has 0 unspecified atom stereocenters. The van der Waals surface area contributed by atoms with Crippen LogP contribution in [0.15, 0.2) is 42.6 Å². The molecule has 29 heavy (non-hydrogen) atoms. The van der Waals surface area contributed by atoms with Crippen molar-refractivity contribution in [3.63, 3.8) is 0 Å². The van der Waals surface area contributed by atoms with Crippen molar-refractivity contribution in [2.75, 3.05) is 25.0 Å². The van der Waals surface area contributed by atoms with Crippen LogP contribution in [0.4, 0.5) is 10.5 Å². The molecule has 1 N–H and O–H groups in total. The molecule has 0 aliphatic carbocycles. The van der Waals surface area contributed by atoms with Gasteiger partial charge < -0.3 is 19.5 Å². The number of imidazole rings is 1. The molecule has 1 aliphatic rings. The highest BCUT2D eigenvalue weighted by molar-refractivity contribution is 5.91. The average Bonchev–Trinajstić information content (AvgIpc) is 3.34. The summed E-state index contributed by atoms with van der Waals surface area (Å²) >= 11 is 0.